The van der Waals surface area contributed by atoms with Crippen molar-refractivity contribution in [2.45, 2.75) is 32.0 Å². The van der Waals surface area contributed by atoms with Crippen molar-refractivity contribution in [1.82, 2.24) is 30.1 Å². The van der Waals surface area contributed by atoms with Crippen molar-refractivity contribution in [3.05, 3.63) is 78.5 Å². The van der Waals surface area contributed by atoms with Crippen LogP contribution in [0.1, 0.15) is 24.0 Å². The van der Waals surface area contributed by atoms with E-state index in [1.165, 1.54) is 18.4 Å². The number of rotatable bonds is 7. The van der Waals surface area contributed by atoms with Gasteiger partial charge in [-0.2, -0.15) is 0 Å². The first-order valence-corrected chi connectivity index (χ1v) is 10.5. The normalized spacial score (nSPS) is 16.7. The summed E-state index contributed by atoms with van der Waals surface area (Å²) >= 11 is 0. The third kappa shape index (κ3) is 6.51. The molecule has 1 aromatic carbocycles. The Morgan fingerprint density at radius 1 is 1.13 bits per heavy atom. The van der Waals surface area contributed by atoms with E-state index in [-0.39, 0.29) is 24.0 Å². The molecule has 1 atom stereocenters. The first-order chi connectivity index (χ1) is 14.8. The average molecular weight is 531 g/mol. The van der Waals surface area contributed by atoms with Crippen molar-refractivity contribution in [3.63, 3.8) is 0 Å². The Morgan fingerprint density at radius 3 is 2.71 bits per heavy atom. The number of aliphatic imine (C=N–C) groups is 1. The molecule has 1 fully saturated rings. The first-order valence-electron chi connectivity index (χ1n) is 10.5. The van der Waals surface area contributed by atoms with Crippen LogP contribution < -0.4 is 10.6 Å². The van der Waals surface area contributed by atoms with Crippen LogP contribution in [0.2, 0.25) is 0 Å². The third-order valence-corrected chi connectivity index (χ3v) is 5.49. The summed E-state index contributed by atoms with van der Waals surface area (Å²) in [4.78, 5) is 15.5. The highest BCUT2D eigenvalue weighted by molar-refractivity contribution is 14.0. The minimum Gasteiger partial charge on any atom is -0.355 e. The smallest absolute Gasteiger partial charge is 0.191 e. The van der Waals surface area contributed by atoms with Gasteiger partial charge in [0.1, 0.15) is 12.1 Å². The van der Waals surface area contributed by atoms with Gasteiger partial charge in [-0.1, -0.05) is 36.4 Å². The molecule has 2 N–H and O–H groups in total. The summed E-state index contributed by atoms with van der Waals surface area (Å²) in [6.07, 6.45) is 9.73. The summed E-state index contributed by atoms with van der Waals surface area (Å²) in [6.45, 7) is 3.73. The van der Waals surface area contributed by atoms with Crippen LogP contribution in [0, 0.1) is 0 Å². The van der Waals surface area contributed by atoms with Crippen LogP contribution in [0.4, 0.5) is 0 Å². The second kappa shape index (κ2) is 11.8. The molecule has 0 aliphatic carbocycles. The van der Waals surface area contributed by atoms with E-state index in [1.54, 1.807) is 12.5 Å². The zero-order valence-corrected chi connectivity index (χ0v) is 20.1. The average Bonchev–Trinajstić information content (AvgIpc) is 3.48. The van der Waals surface area contributed by atoms with E-state index in [2.05, 4.69) is 66.9 Å². The molecule has 164 valence electrons. The number of imidazole rings is 1. The molecular formula is C23H30IN7. The van der Waals surface area contributed by atoms with Crippen LogP contribution in [-0.4, -0.2) is 51.6 Å². The standard InChI is InChI=1S/C23H29N7.HI/c1-24-23(27-15-20-9-10-22(26-14-20)30-13-11-25-18-30)28-16-21-8-5-12-29(21)17-19-6-3-2-4-7-19;/h2-4,6-7,9-11,13-14,18,21H,5,8,12,15-17H2,1H3,(H2,24,27,28);1H. The second-order valence-electron chi connectivity index (χ2n) is 7.55. The molecule has 1 aliphatic rings. The maximum absolute atomic E-state index is 4.50. The Kier molecular flexibility index (Phi) is 8.84. The van der Waals surface area contributed by atoms with Crippen LogP contribution in [-0.2, 0) is 13.1 Å². The number of nitrogens with zero attached hydrogens (tertiary/aromatic N) is 5. The van der Waals surface area contributed by atoms with E-state index in [9.17, 15) is 0 Å². The molecule has 0 bridgehead atoms. The summed E-state index contributed by atoms with van der Waals surface area (Å²) in [7, 11) is 1.81. The van der Waals surface area contributed by atoms with Crippen molar-refractivity contribution in [2.75, 3.05) is 20.1 Å². The zero-order valence-electron chi connectivity index (χ0n) is 17.8. The van der Waals surface area contributed by atoms with E-state index in [1.807, 2.05) is 30.1 Å². The van der Waals surface area contributed by atoms with Gasteiger partial charge in [-0.15, -0.1) is 24.0 Å². The van der Waals surface area contributed by atoms with E-state index in [4.69, 9.17) is 0 Å². The first kappa shape index (κ1) is 23.2. The van der Waals surface area contributed by atoms with Crippen molar-refractivity contribution in [2.24, 2.45) is 4.99 Å². The summed E-state index contributed by atoms with van der Waals surface area (Å²) in [5.74, 6) is 1.68. The van der Waals surface area contributed by atoms with Gasteiger partial charge >= 0.3 is 0 Å². The molecule has 31 heavy (non-hydrogen) atoms. The number of hydrogen-bond donors (Lipinski definition) is 2. The second-order valence-corrected chi connectivity index (χ2v) is 7.55. The summed E-state index contributed by atoms with van der Waals surface area (Å²) in [5, 5.41) is 6.89. The molecule has 7 nitrogen and oxygen atoms in total. The predicted molar refractivity (Wildman–Crippen MR) is 135 cm³/mol. The minimum atomic E-state index is 0. The molecule has 0 radical (unpaired) electrons. The van der Waals surface area contributed by atoms with Crippen LogP contribution in [0.15, 0.2) is 72.4 Å². The Bertz CT molecular complexity index is 926. The molecule has 2 aromatic heterocycles. The van der Waals surface area contributed by atoms with Gasteiger partial charge in [-0.05, 0) is 36.6 Å². The molecule has 1 aliphatic heterocycles. The van der Waals surface area contributed by atoms with E-state index in [0.29, 0.717) is 12.6 Å². The van der Waals surface area contributed by atoms with Crippen molar-refractivity contribution in [1.29, 1.82) is 0 Å². The number of halogens is 1. The molecule has 1 saturated heterocycles. The summed E-state index contributed by atoms with van der Waals surface area (Å²) in [6, 6.07) is 15.3. The van der Waals surface area contributed by atoms with Crippen LogP contribution in [0.5, 0.6) is 0 Å². The van der Waals surface area contributed by atoms with Crippen LogP contribution in [0.25, 0.3) is 5.82 Å². The monoisotopic (exact) mass is 531 g/mol. The van der Waals surface area contributed by atoms with Crippen molar-refractivity contribution in [3.8, 4) is 5.82 Å². The number of hydrogen-bond acceptors (Lipinski definition) is 4. The lowest BCUT2D eigenvalue weighted by Gasteiger charge is -2.25. The fraction of sp³-hybridized carbons (Fsp3) is 0.348. The number of nitrogens with one attached hydrogen (secondary N) is 2. The van der Waals surface area contributed by atoms with E-state index >= 15 is 0 Å². The van der Waals surface area contributed by atoms with Crippen molar-refractivity contribution < 1.29 is 0 Å². The van der Waals surface area contributed by atoms with Crippen LogP contribution in [0.3, 0.4) is 0 Å². The van der Waals surface area contributed by atoms with E-state index in [0.717, 1.165) is 37.0 Å². The quantitative estimate of drug-likeness (QED) is 0.279. The lowest BCUT2D eigenvalue weighted by molar-refractivity contribution is 0.245. The Balaban J connectivity index is 0.00000272. The maximum atomic E-state index is 4.50. The number of pyridine rings is 1. The minimum absolute atomic E-state index is 0. The molecule has 0 spiro atoms. The molecule has 0 amide bonds. The SMILES string of the molecule is CN=C(NCc1ccc(-n2ccnc2)nc1)NCC1CCCN1Cc1ccccc1.I. The van der Waals surface area contributed by atoms with Crippen molar-refractivity contribution >= 4 is 29.9 Å². The molecule has 1 unspecified atom stereocenters. The predicted octanol–water partition coefficient (Wildman–Crippen LogP) is 3.21. The molecule has 3 aromatic rings. The largest absolute Gasteiger partial charge is 0.355 e. The Labute approximate surface area is 201 Å². The third-order valence-electron chi connectivity index (χ3n) is 5.49. The van der Waals surface area contributed by atoms with Gasteiger partial charge in [0, 0.05) is 51.3 Å². The van der Waals surface area contributed by atoms with Gasteiger partial charge in [0.2, 0.25) is 0 Å². The fourth-order valence-electron chi connectivity index (χ4n) is 3.84. The van der Waals surface area contributed by atoms with Gasteiger partial charge in [0.05, 0.1) is 0 Å². The lowest BCUT2D eigenvalue weighted by atomic mass is 10.2. The van der Waals surface area contributed by atoms with Gasteiger partial charge in [-0.3, -0.25) is 14.5 Å². The number of aromatic nitrogens is 3. The highest BCUT2D eigenvalue weighted by Crippen LogP contribution is 2.19. The fourth-order valence-corrected chi connectivity index (χ4v) is 3.84. The highest BCUT2D eigenvalue weighted by atomic mass is 127. The number of guanidine groups is 1. The maximum Gasteiger partial charge on any atom is 0.191 e. The molecule has 8 heteroatoms. The Morgan fingerprint density at radius 2 is 2.00 bits per heavy atom. The molecule has 4 rings (SSSR count). The molecule has 3 heterocycles. The van der Waals surface area contributed by atoms with Gasteiger partial charge in [0.15, 0.2) is 5.96 Å². The van der Waals surface area contributed by atoms with Crippen LogP contribution >= 0.6 is 24.0 Å². The topological polar surface area (TPSA) is 70.4 Å². The Hall–Kier alpha value is -2.46. The molecule has 0 saturated carbocycles. The zero-order chi connectivity index (χ0) is 20.6. The number of benzene rings is 1. The highest BCUT2D eigenvalue weighted by Gasteiger charge is 2.24. The lowest BCUT2D eigenvalue weighted by Crippen LogP contribution is -2.44. The van der Waals surface area contributed by atoms with E-state index < -0.39 is 0 Å². The van der Waals surface area contributed by atoms with Gasteiger partial charge in [-0.25, -0.2) is 9.97 Å². The number of likely N-dealkylation sites (tertiary alicyclic amines) is 1. The van der Waals surface area contributed by atoms with Gasteiger partial charge < -0.3 is 10.6 Å². The summed E-state index contributed by atoms with van der Waals surface area (Å²) < 4.78 is 1.89. The summed E-state index contributed by atoms with van der Waals surface area (Å²) in [5.41, 5.74) is 2.48. The molecular weight excluding hydrogens is 501 g/mol. The van der Waals surface area contributed by atoms with Gasteiger partial charge in [0.25, 0.3) is 0 Å².